The van der Waals surface area contributed by atoms with Crippen molar-refractivity contribution in [3.05, 3.63) is 71.3 Å². The molecule has 4 nitrogen and oxygen atoms in total. The first kappa shape index (κ1) is 16.7. The minimum Gasteiger partial charge on any atom is -0.480 e. The average molecular weight is 311 g/mol. The van der Waals surface area contributed by atoms with Gasteiger partial charge in [-0.15, -0.1) is 0 Å². The normalized spacial score (nSPS) is 11.7. The van der Waals surface area contributed by atoms with Crippen LogP contribution < -0.4 is 0 Å². The minimum atomic E-state index is -1.00. The molecule has 23 heavy (non-hydrogen) atoms. The number of carbonyl (C=O) groups is 2. The van der Waals surface area contributed by atoms with Crippen molar-refractivity contribution >= 4 is 11.9 Å². The van der Waals surface area contributed by atoms with Gasteiger partial charge in [-0.25, -0.2) is 4.79 Å². The van der Waals surface area contributed by atoms with E-state index in [1.807, 2.05) is 61.5 Å². The van der Waals surface area contributed by atoms with E-state index >= 15 is 0 Å². The van der Waals surface area contributed by atoms with Crippen LogP contribution in [-0.4, -0.2) is 27.9 Å². The Kier molecular flexibility index (Phi) is 5.52. The van der Waals surface area contributed by atoms with Crippen LogP contribution in [0.4, 0.5) is 0 Å². The highest BCUT2D eigenvalue weighted by molar-refractivity contribution is 5.84. The van der Waals surface area contributed by atoms with Gasteiger partial charge in [-0.1, -0.05) is 60.2 Å². The van der Waals surface area contributed by atoms with Crippen LogP contribution >= 0.6 is 0 Å². The summed E-state index contributed by atoms with van der Waals surface area (Å²) in [6, 6.07) is 16.3. The molecule has 0 saturated carbocycles. The second-order valence-corrected chi connectivity index (χ2v) is 5.68. The van der Waals surface area contributed by atoms with Gasteiger partial charge in [0.25, 0.3) is 0 Å². The number of aryl methyl sites for hydroxylation is 1. The molecule has 0 aliphatic carbocycles. The van der Waals surface area contributed by atoms with Crippen molar-refractivity contribution < 1.29 is 14.7 Å². The average Bonchev–Trinajstić information content (AvgIpc) is 2.55. The van der Waals surface area contributed by atoms with Crippen molar-refractivity contribution in [1.29, 1.82) is 0 Å². The standard InChI is InChI=1S/C19H21NO3/c1-14-8-10-16(11-9-14)12-18(21)20(15(2)19(22)23)13-17-6-4-3-5-7-17/h3-11,15H,12-13H2,1-2H3,(H,22,23). The number of carboxylic acid groups (broad SMARTS) is 1. The zero-order valence-corrected chi connectivity index (χ0v) is 13.4. The number of carboxylic acids is 1. The smallest absolute Gasteiger partial charge is 0.326 e. The highest BCUT2D eigenvalue weighted by Gasteiger charge is 2.25. The summed E-state index contributed by atoms with van der Waals surface area (Å²) in [6.07, 6.45) is 0.199. The molecule has 0 saturated heterocycles. The fourth-order valence-corrected chi connectivity index (χ4v) is 2.34. The molecule has 4 heteroatoms. The van der Waals surface area contributed by atoms with Crippen molar-refractivity contribution in [3.63, 3.8) is 0 Å². The fourth-order valence-electron chi connectivity index (χ4n) is 2.34. The van der Waals surface area contributed by atoms with Gasteiger partial charge in [0.15, 0.2) is 0 Å². The Labute approximate surface area is 136 Å². The summed E-state index contributed by atoms with van der Waals surface area (Å²) >= 11 is 0. The summed E-state index contributed by atoms with van der Waals surface area (Å²) in [7, 11) is 0. The Morgan fingerprint density at radius 2 is 1.61 bits per heavy atom. The molecule has 0 heterocycles. The fraction of sp³-hybridized carbons (Fsp3) is 0.263. The maximum Gasteiger partial charge on any atom is 0.326 e. The summed E-state index contributed by atoms with van der Waals surface area (Å²) < 4.78 is 0. The molecule has 120 valence electrons. The summed E-state index contributed by atoms with van der Waals surface area (Å²) in [4.78, 5) is 25.4. The number of hydrogen-bond acceptors (Lipinski definition) is 2. The lowest BCUT2D eigenvalue weighted by Crippen LogP contribution is -2.43. The molecule has 1 N–H and O–H groups in total. The zero-order chi connectivity index (χ0) is 16.8. The van der Waals surface area contributed by atoms with Gasteiger partial charge in [-0.05, 0) is 25.0 Å². The summed E-state index contributed by atoms with van der Waals surface area (Å²) in [6.45, 7) is 3.82. The van der Waals surface area contributed by atoms with Gasteiger partial charge in [-0.3, -0.25) is 4.79 Å². The number of benzene rings is 2. The Balaban J connectivity index is 2.16. The van der Waals surface area contributed by atoms with Gasteiger partial charge in [0.1, 0.15) is 6.04 Å². The highest BCUT2D eigenvalue weighted by atomic mass is 16.4. The predicted octanol–water partition coefficient (Wildman–Crippen LogP) is 3.04. The van der Waals surface area contributed by atoms with Crippen molar-refractivity contribution in [3.8, 4) is 0 Å². The van der Waals surface area contributed by atoms with Crippen molar-refractivity contribution in [2.75, 3.05) is 0 Å². The predicted molar refractivity (Wildman–Crippen MR) is 89.0 cm³/mol. The van der Waals surface area contributed by atoms with Crippen LogP contribution in [0.3, 0.4) is 0 Å². The molecule has 0 fully saturated rings. The lowest BCUT2D eigenvalue weighted by atomic mass is 10.1. The number of rotatable bonds is 6. The molecule has 2 aromatic rings. The first-order chi connectivity index (χ1) is 11.0. The van der Waals surface area contributed by atoms with Gasteiger partial charge in [-0.2, -0.15) is 0 Å². The molecule has 1 unspecified atom stereocenters. The second kappa shape index (κ2) is 7.58. The maximum atomic E-state index is 12.6. The molecule has 2 rings (SSSR count). The Hall–Kier alpha value is -2.62. The third-order valence-electron chi connectivity index (χ3n) is 3.82. The van der Waals surface area contributed by atoms with E-state index in [2.05, 4.69) is 0 Å². The third kappa shape index (κ3) is 4.68. The van der Waals surface area contributed by atoms with Crippen molar-refractivity contribution in [2.45, 2.75) is 32.9 Å². The second-order valence-electron chi connectivity index (χ2n) is 5.68. The topological polar surface area (TPSA) is 57.6 Å². The number of nitrogens with zero attached hydrogens (tertiary/aromatic N) is 1. The van der Waals surface area contributed by atoms with Crippen molar-refractivity contribution in [1.82, 2.24) is 4.90 Å². The maximum absolute atomic E-state index is 12.6. The Morgan fingerprint density at radius 3 is 2.17 bits per heavy atom. The van der Waals surface area contributed by atoms with Crippen molar-refractivity contribution in [2.24, 2.45) is 0 Å². The molecule has 0 bridgehead atoms. The van der Waals surface area contributed by atoms with Gasteiger partial charge in [0.2, 0.25) is 5.91 Å². The minimum absolute atomic E-state index is 0.187. The van der Waals surface area contributed by atoms with E-state index in [1.165, 1.54) is 11.8 Å². The molecule has 1 amide bonds. The number of carbonyl (C=O) groups excluding carboxylic acids is 1. The zero-order valence-electron chi connectivity index (χ0n) is 13.4. The van der Waals surface area contributed by atoms with Crippen LogP contribution in [0.5, 0.6) is 0 Å². The molecule has 0 aliphatic heterocycles. The van der Waals surface area contributed by atoms with E-state index in [4.69, 9.17) is 0 Å². The molecule has 1 atom stereocenters. The van der Waals surface area contributed by atoms with Crippen LogP contribution in [0.15, 0.2) is 54.6 Å². The number of amides is 1. The first-order valence-electron chi connectivity index (χ1n) is 7.59. The Bertz CT molecular complexity index is 665. The van der Waals surface area contributed by atoms with E-state index in [0.717, 1.165) is 16.7 Å². The largest absolute Gasteiger partial charge is 0.480 e. The van der Waals surface area contributed by atoms with Crippen LogP contribution in [-0.2, 0) is 22.6 Å². The molecule has 0 radical (unpaired) electrons. The first-order valence-corrected chi connectivity index (χ1v) is 7.59. The van der Waals surface area contributed by atoms with E-state index in [0.29, 0.717) is 6.54 Å². The number of hydrogen-bond donors (Lipinski definition) is 1. The van der Waals surface area contributed by atoms with E-state index in [1.54, 1.807) is 0 Å². The third-order valence-corrected chi connectivity index (χ3v) is 3.82. The van der Waals surface area contributed by atoms with Crippen LogP contribution in [0.25, 0.3) is 0 Å². The van der Waals surface area contributed by atoms with Crippen LogP contribution in [0, 0.1) is 6.92 Å². The quantitative estimate of drug-likeness (QED) is 0.892. The Morgan fingerprint density at radius 1 is 1.00 bits per heavy atom. The monoisotopic (exact) mass is 311 g/mol. The lowest BCUT2D eigenvalue weighted by Gasteiger charge is -2.27. The number of aliphatic carboxylic acids is 1. The molecule has 0 aliphatic rings. The van der Waals surface area contributed by atoms with Crippen LogP contribution in [0.1, 0.15) is 23.6 Å². The van der Waals surface area contributed by atoms with Crippen LogP contribution in [0.2, 0.25) is 0 Å². The summed E-state index contributed by atoms with van der Waals surface area (Å²) in [5.41, 5.74) is 2.93. The molecule has 0 spiro atoms. The van der Waals surface area contributed by atoms with E-state index in [9.17, 15) is 14.7 Å². The highest BCUT2D eigenvalue weighted by Crippen LogP contribution is 2.12. The van der Waals surface area contributed by atoms with Gasteiger partial charge < -0.3 is 10.0 Å². The molecule has 2 aromatic carbocycles. The molecular formula is C19H21NO3. The lowest BCUT2D eigenvalue weighted by molar-refractivity contribution is -0.149. The summed E-state index contributed by atoms with van der Waals surface area (Å²) in [5, 5.41) is 9.29. The SMILES string of the molecule is Cc1ccc(CC(=O)N(Cc2ccccc2)C(C)C(=O)O)cc1. The van der Waals surface area contributed by atoms with Gasteiger partial charge in [0.05, 0.1) is 6.42 Å². The van der Waals surface area contributed by atoms with Gasteiger partial charge >= 0.3 is 5.97 Å². The van der Waals surface area contributed by atoms with E-state index in [-0.39, 0.29) is 12.3 Å². The molecule has 0 aromatic heterocycles. The summed E-state index contributed by atoms with van der Waals surface area (Å²) in [5.74, 6) is -1.19. The van der Waals surface area contributed by atoms with Gasteiger partial charge in [0, 0.05) is 6.54 Å². The van der Waals surface area contributed by atoms with E-state index < -0.39 is 12.0 Å². The molecular weight excluding hydrogens is 290 g/mol.